The van der Waals surface area contributed by atoms with Crippen molar-refractivity contribution >= 4 is 0 Å². The van der Waals surface area contributed by atoms with E-state index in [2.05, 4.69) is 487 Å². The molecule has 24 aromatic rings. The van der Waals surface area contributed by atoms with Crippen LogP contribution in [0.1, 0.15) is 47.2 Å². The average molecular weight is 1890 g/mol. The smallest absolute Gasteiger partial charge is 0.164 e. The summed E-state index contributed by atoms with van der Waals surface area (Å²) in [6, 6.07) is 190. The van der Waals surface area contributed by atoms with E-state index in [1.165, 1.54) is 83.5 Å². The second kappa shape index (κ2) is 39.2. The van der Waals surface area contributed by atoms with E-state index in [1.807, 2.05) is 66.7 Å². The minimum atomic E-state index is -0.373. The Balaban J connectivity index is 0.000000116. The van der Waals surface area contributed by atoms with Gasteiger partial charge in [-0.25, -0.2) is 44.9 Å². The van der Waals surface area contributed by atoms with Gasteiger partial charge in [-0.3, -0.25) is 0 Å². The Hall–Kier alpha value is -19.4. The molecular weight excluding hydrogens is 1800 g/mol. The zero-order valence-electron chi connectivity index (χ0n) is 81.4. The summed E-state index contributed by atoms with van der Waals surface area (Å²) in [6.07, 6.45) is 0. The third-order valence-electron chi connectivity index (χ3n) is 28.8. The SMILES string of the molecule is CC1(C)c2ccccc2-c2c(-c3ccc(-c4nc(-c5cccc(-c6ccccc6)c5)nc(-c5cccc(-c6ccccc6)c5)n4)cc3)cccc21.c1ccc(-c2cccc(-c3nc(-c4cccc(-c5ccccc5)c4)nc(-c4cccc(-c5ccccc5)c4)n3)c2)cc1.c1ccc(-c2cccc(-c3nc(-c4ccccc4)nc(-c4ccc(-c5cccc6c5-c5ccccc5C65c6ccccc6-c6ccccc65)cc4)n3)c2)cc1. The highest BCUT2D eigenvalue weighted by Gasteiger charge is 2.52. The van der Waals surface area contributed by atoms with Gasteiger partial charge in [0.1, 0.15) is 0 Å². The maximum absolute atomic E-state index is 5.10. The zero-order valence-corrected chi connectivity index (χ0v) is 81.4. The van der Waals surface area contributed by atoms with Gasteiger partial charge in [-0.15, -0.1) is 0 Å². The highest BCUT2D eigenvalue weighted by atomic mass is 15.1. The number of aromatic nitrogens is 9. The molecule has 1 spiro atoms. The number of benzene rings is 21. The Bertz CT molecular complexity index is 8690. The van der Waals surface area contributed by atoms with Crippen molar-refractivity contribution in [3.63, 3.8) is 0 Å². The van der Waals surface area contributed by atoms with Gasteiger partial charge < -0.3 is 0 Å². The first-order valence-corrected chi connectivity index (χ1v) is 50.3. The van der Waals surface area contributed by atoms with Crippen LogP contribution in [0.15, 0.2) is 540 Å². The maximum atomic E-state index is 5.10. The lowest BCUT2D eigenvalue weighted by Gasteiger charge is -2.30. The van der Waals surface area contributed by atoms with E-state index in [-0.39, 0.29) is 10.8 Å². The molecule has 0 saturated carbocycles. The van der Waals surface area contributed by atoms with E-state index in [1.54, 1.807) is 0 Å². The summed E-state index contributed by atoms with van der Waals surface area (Å²) < 4.78 is 0. The molecule has 3 aliphatic carbocycles. The molecule has 0 radical (unpaired) electrons. The fourth-order valence-corrected chi connectivity index (χ4v) is 21.7. The minimum Gasteiger partial charge on any atom is -0.208 e. The predicted molar refractivity (Wildman–Crippen MR) is 606 cm³/mol. The number of rotatable bonds is 17. The molecule has 3 aliphatic rings. The number of nitrogens with zero attached hydrogens (tertiary/aromatic N) is 9. The fraction of sp³-hybridized carbons (Fsp3) is 0.0288. The Kier molecular flexibility index (Phi) is 23.8. The van der Waals surface area contributed by atoms with Crippen molar-refractivity contribution in [1.29, 1.82) is 0 Å². The van der Waals surface area contributed by atoms with Gasteiger partial charge in [-0.2, -0.15) is 0 Å². The van der Waals surface area contributed by atoms with Crippen molar-refractivity contribution in [3.05, 3.63) is 573 Å². The van der Waals surface area contributed by atoms with Gasteiger partial charge in [0.25, 0.3) is 0 Å². The lowest BCUT2D eigenvalue weighted by molar-refractivity contribution is 0.660. The number of hydrogen-bond donors (Lipinski definition) is 0. The number of fused-ring (bicyclic) bond motifs is 13. The van der Waals surface area contributed by atoms with Crippen molar-refractivity contribution in [1.82, 2.24) is 44.9 Å². The van der Waals surface area contributed by atoms with Crippen molar-refractivity contribution in [3.8, 4) is 225 Å². The molecule has 27 rings (SSSR count). The first-order valence-electron chi connectivity index (χ1n) is 50.3. The fourth-order valence-electron chi connectivity index (χ4n) is 21.7. The Morgan fingerprint density at radius 1 is 0.115 bits per heavy atom. The average Bonchev–Trinajstić information content (AvgIpc) is 1.50. The molecule has 0 fully saturated rings. The van der Waals surface area contributed by atoms with Crippen molar-refractivity contribution in [2.75, 3.05) is 0 Å². The molecule has 148 heavy (non-hydrogen) atoms. The molecule has 0 saturated heterocycles. The molecule has 696 valence electrons. The lowest BCUT2D eigenvalue weighted by Crippen LogP contribution is -2.25. The van der Waals surface area contributed by atoms with Crippen molar-refractivity contribution in [2.24, 2.45) is 0 Å². The van der Waals surface area contributed by atoms with Gasteiger partial charge in [0, 0.05) is 55.5 Å². The van der Waals surface area contributed by atoms with E-state index in [0.717, 1.165) is 122 Å². The zero-order chi connectivity index (χ0) is 98.9. The quantitative estimate of drug-likeness (QED) is 0.0879. The first kappa shape index (κ1) is 90.0. The lowest BCUT2D eigenvalue weighted by atomic mass is 9.70. The van der Waals surface area contributed by atoms with Crippen molar-refractivity contribution in [2.45, 2.75) is 24.7 Å². The van der Waals surface area contributed by atoms with Gasteiger partial charge >= 0.3 is 0 Å². The van der Waals surface area contributed by atoms with Crippen LogP contribution in [0.4, 0.5) is 0 Å². The third kappa shape index (κ3) is 17.2. The van der Waals surface area contributed by atoms with Crippen LogP contribution in [-0.2, 0) is 10.8 Å². The second-order valence-electron chi connectivity index (χ2n) is 38.1. The molecular formula is C139H95N9. The van der Waals surface area contributed by atoms with Crippen LogP contribution in [0.25, 0.3) is 225 Å². The Morgan fingerprint density at radius 3 is 0.568 bits per heavy atom. The van der Waals surface area contributed by atoms with E-state index < -0.39 is 0 Å². The Morgan fingerprint density at radius 2 is 0.284 bits per heavy atom. The first-order chi connectivity index (χ1) is 73.1. The van der Waals surface area contributed by atoms with Crippen LogP contribution < -0.4 is 0 Å². The highest BCUT2D eigenvalue weighted by Crippen LogP contribution is 2.64. The molecule has 0 unspecified atom stereocenters. The molecule has 0 atom stereocenters. The minimum absolute atomic E-state index is 0.0464. The number of hydrogen-bond acceptors (Lipinski definition) is 9. The van der Waals surface area contributed by atoms with Gasteiger partial charge in [-0.1, -0.05) is 517 Å². The van der Waals surface area contributed by atoms with Crippen LogP contribution in [0.2, 0.25) is 0 Å². The normalized spacial score (nSPS) is 12.2. The molecule has 0 bridgehead atoms. The highest BCUT2D eigenvalue weighted by molar-refractivity contribution is 6.01. The molecule has 0 N–H and O–H groups in total. The Labute approximate surface area is 861 Å². The topological polar surface area (TPSA) is 116 Å². The van der Waals surface area contributed by atoms with Gasteiger partial charge in [0.2, 0.25) is 0 Å². The molecule has 3 heterocycles. The molecule has 21 aromatic carbocycles. The predicted octanol–water partition coefficient (Wildman–Crippen LogP) is 34.6. The molecule has 9 heteroatoms. The molecule has 3 aromatic heterocycles. The standard InChI is InChI=1S/C52H33N3.C48H35N3.C39H27N3/c1-3-15-34(16-4-1)38-19-13-20-39(33-38)51-54-49(36-17-5-2-6-18-36)53-50(55-51)37-31-29-35(30-32-37)40-24-14-28-47-48(40)43-23-9-12-27-46(43)52(47)44-25-10-7-21-41(44)42-22-8-11-26-45(42)52;1-48(2)42-24-10-9-22-41(42)44-40(23-13-25-43(44)48)34-26-28-35(29-27-34)45-49-46(38-20-11-18-36(30-38)32-14-5-3-6-15-32)51-47(50-45)39-21-12-19-37(31-39)33-16-7-4-8-17-33;1-4-13-28(14-5-1)31-19-10-22-34(25-31)37-40-38(35-23-11-20-32(26-35)29-15-6-2-7-16-29)42-39(41-37)36-24-12-21-33(27-36)30-17-8-3-9-18-30/h1-33H;3-31H,1-2H3;1-27H. The van der Waals surface area contributed by atoms with Crippen LogP contribution in [-0.4, -0.2) is 44.9 Å². The molecule has 9 nitrogen and oxygen atoms in total. The van der Waals surface area contributed by atoms with Gasteiger partial charge in [0.15, 0.2) is 52.4 Å². The maximum Gasteiger partial charge on any atom is 0.164 e. The summed E-state index contributed by atoms with van der Waals surface area (Å²) >= 11 is 0. The second-order valence-corrected chi connectivity index (χ2v) is 38.1. The van der Waals surface area contributed by atoms with Gasteiger partial charge in [0.05, 0.1) is 5.41 Å². The van der Waals surface area contributed by atoms with E-state index in [9.17, 15) is 0 Å². The summed E-state index contributed by atoms with van der Waals surface area (Å²) in [6.45, 7) is 4.65. The van der Waals surface area contributed by atoms with Crippen LogP contribution >= 0.6 is 0 Å². The van der Waals surface area contributed by atoms with Crippen LogP contribution in [0.3, 0.4) is 0 Å². The summed E-state index contributed by atoms with van der Waals surface area (Å²) in [5.74, 6) is 5.78. The van der Waals surface area contributed by atoms with E-state index >= 15 is 0 Å². The molecule has 0 aliphatic heterocycles. The monoisotopic (exact) mass is 1890 g/mol. The van der Waals surface area contributed by atoms with Gasteiger partial charge in [-0.05, 0) is 192 Å². The summed E-state index contributed by atoms with van der Waals surface area (Å²) in [5, 5.41) is 0. The third-order valence-corrected chi connectivity index (χ3v) is 28.8. The van der Waals surface area contributed by atoms with E-state index in [4.69, 9.17) is 44.9 Å². The van der Waals surface area contributed by atoms with E-state index in [0.29, 0.717) is 52.4 Å². The summed E-state index contributed by atoms with van der Waals surface area (Å²) in [7, 11) is 0. The largest absolute Gasteiger partial charge is 0.208 e. The summed E-state index contributed by atoms with van der Waals surface area (Å²) in [4.78, 5) is 45.5. The van der Waals surface area contributed by atoms with Crippen LogP contribution in [0, 0.1) is 0 Å². The molecule has 0 amide bonds. The summed E-state index contributed by atoms with van der Waals surface area (Å²) in [5.41, 5.74) is 42.5. The van der Waals surface area contributed by atoms with Crippen molar-refractivity contribution < 1.29 is 0 Å². The van der Waals surface area contributed by atoms with Crippen LogP contribution in [0.5, 0.6) is 0 Å².